The van der Waals surface area contributed by atoms with Gasteiger partial charge in [0.1, 0.15) is 23.8 Å². The second-order valence-electron chi connectivity index (χ2n) is 9.79. The average molecular weight is 558 g/mol. The zero-order chi connectivity index (χ0) is 29.2. The highest BCUT2D eigenvalue weighted by atomic mass is 16.5. The number of hydrogen-bond acceptors (Lipinski definition) is 5. The van der Waals surface area contributed by atoms with Crippen molar-refractivity contribution >= 4 is 22.7 Å². The van der Waals surface area contributed by atoms with E-state index in [0.717, 1.165) is 27.8 Å². The van der Waals surface area contributed by atoms with E-state index < -0.39 is 0 Å². The monoisotopic (exact) mass is 557 g/mol. The van der Waals surface area contributed by atoms with Crippen LogP contribution < -0.4 is 14.2 Å². The van der Waals surface area contributed by atoms with Gasteiger partial charge in [-0.15, -0.1) is 0 Å². The van der Waals surface area contributed by atoms with Crippen LogP contribution in [-0.4, -0.2) is 67.1 Å². The Bertz CT molecular complexity index is 1450. The summed E-state index contributed by atoms with van der Waals surface area (Å²) in [6, 6.07) is 21.0. The minimum atomic E-state index is -0.252. The molecule has 0 aliphatic rings. The van der Waals surface area contributed by atoms with Gasteiger partial charge in [0.25, 0.3) is 5.91 Å². The summed E-state index contributed by atoms with van der Waals surface area (Å²) in [5.41, 5.74) is 3.60. The molecule has 0 bridgehead atoms. The van der Waals surface area contributed by atoms with Crippen molar-refractivity contribution in [2.24, 2.45) is 0 Å². The molecule has 1 heterocycles. The van der Waals surface area contributed by atoms with Crippen LogP contribution >= 0.6 is 0 Å². The van der Waals surface area contributed by atoms with Crippen molar-refractivity contribution in [2.45, 2.75) is 33.2 Å². The summed E-state index contributed by atoms with van der Waals surface area (Å²) in [7, 11) is 3.08. The normalized spacial score (nSPS) is 10.8. The summed E-state index contributed by atoms with van der Waals surface area (Å²) < 4.78 is 16.3. The Morgan fingerprint density at radius 2 is 1.61 bits per heavy atom. The van der Waals surface area contributed by atoms with Crippen molar-refractivity contribution in [2.75, 3.05) is 40.5 Å². The lowest BCUT2D eigenvalue weighted by Gasteiger charge is -2.28. The number of carbonyl (C=O) groups is 2. The van der Waals surface area contributed by atoms with E-state index in [9.17, 15) is 9.59 Å². The number of aromatic nitrogens is 1. The molecule has 41 heavy (non-hydrogen) atoms. The molecule has 8 heteroatoms. The van der Waals surface area contributed by atoms with E-state index in [4.69, 9.17) is 14.2 Å². The largest absolute Gasteiger partial charge is 0.497 e. The molecule has 216 valence electrons. The van der Waals surface area contributed by atoms with Crippen LogP contribution in [0, 0.1) is 0 Å². The predicted molar refractivity (Wildman–Crippen MR) is 161 cm³/mol. The van der Waals surface area contributed by atoms with Crippen molar-refractivity contribution < 1.29 is 23.8 Å². The van der Waals surface area contributed by atoms with Crippen LogP contribution in [0.25, 0.3) is 10.9 Å². The quantitative estimate of drug-likeness (QED) is 0.215. The molecule has 0 atom stereocenters. The lowest BCUT2D eigenvalue weighted by Crippen LogP contribution is -2.43. The topological polar surface area (TPSA) is 84.1 Å². The summed E-state index contributed by atoms with van der Waals surface area (Å²) in [6.45, 7) is 5.87. The number of nitrogens with zero attached hydrogens (tertiary/aromatic N) is 2. The van der Waals surface area contributed by atoms with Gasteiger partial charge in [-0.1, -0.05) is 37.3 Å². The van der Waals surface area contributed by atoms with Gasteiger partial charge in [-0.2, -0.15) is 0 Å². The van der Waals surface area contributed by atoms with E-state index in [0.29, 0.717) is 56.1 Å². The molecule has 0 spiro atoms. The molecular formula is C33H39N3O5. The molecule has 0 saturated carbocycles. The number of amides is 2. The lowest BCUT2D eigenvalue weighted by atomic mass is 10.1. The molecule has 4 rings (SSSR count). The SMILES string of the molecule is CCCN(CC(=O)N(CCc1c[nH]c2ccccc12)Cc1ccc(OCC)cc1)C(=O)c1ccc(OC)cc1OC. The van der Waals surface area contributed by atoms with Crippen LogP contribution in [0.1, 0.15) is 41.8 Å². The number of hydrogen-bond donors (Lipinski definition) is 1. The molecule has 8 nitrogen and oxygen atoms in total. The van der Waals surface area contributed by atoms with Gasteiger partial charge in [0.2, 0.25) is 5.91 Å². The molecule has 0 radical (unpaired) electrons. The van der Waals surface area contributed by atoms with E-state index in [1.807, 2.05) is 67.4 Å². The summed E-state index contributed by atoms with van der Waals surface area (Å²) in [4.78, 5) is 34.3. The summed E-state index contributed by atoms with van der Waals surface area (Å²) >= 11 is 0. The first-order valence-corrected chi connectivity index (χ1v) is 14.0. The minimum Gasteiger partial charge on any atom is -0.497 e. The molecule has 1 aromatic heterocycles. The van der Waals surface area contributed by atoms with E-state index in [1.165, 1.54) is 7.11 Å². The summed E-state index contributed by atoms with van der Waals surface area (Å²) in [5.74, 6) is 1.43. The Kier molecular flexibility index (Phi) is 10.3. The molecule has 0 aliphatic carbocycles. The number of carbonyl (C=O) groups excluding carboxylic acids is 2. The fourth-order valence-corrected chi connectivity index (χ4v) is 4.90. The molecule has 2 amide bonds. The third kappa shape index (κ3) is 7.39. The average Bonchev–Trinajstić information content (AvgIpc) is 3.42. The number of ether oxygens (including phenoxy) is 3. The molecule has 0 fully saturated rings. The standard InChI is InChI=1S/C33H39N3O5/c1-5-18-36(33(38)29-16-15-27(39-3)20-31(29)40-4)23-32(37)35(22-24-11-13-26(14-12-24)41-6-2)19-17-25-21-34-30-10-8-7-9-28(25)30/h7-16,20-21,34H,5-6,17-19,22-23H2,1-4H3. The lowest BCUT2D eigenvalue weighted by molar-refractivity contribution is -0.132. The molecule has 0 aliphatic heterocycles. The van der Waals surface area contributed by atoms with Crippen molar-refractivity contribution in [1.29, 1.82) is 0 Å². The first-order valence-electron chi connectivity index (χ1n) is 14.0. The first-order chi connectivity index (χ1) is 20.0. The molecule has 4 aromatic rings. The smallest absolute Gasteiger partial charge is 0.258 e. The Hall–Kier alpha value is -4.46. The van der Waals surface area contributed by atoms with Crippen LogP contribution in [0.3, 0.4) is 0 Å². The van der Waals surface area contributed by atoms with Gasteiger partial charge >= 0.3 is 0 Å². The second-order valence-corrected chi connectivity index (χ2v) is 9.79. The predicted octanol–water partition coefficient (Wildman–Crippen LogP) is 5.71. The minimum absolute atomic E-state index is 0.0349. The Morgan fingerprint density at radius 1 is 0.854 bits per heavy atom. The van der Waals surface area contributed by atoms with Crippen LogP contribution in [0.2, 0.25) is 0 Å². The first kappa shape index (κ1) is 29.5. The molecule has 0 unspecified atom stereocenters. The highest BCUT2D eigenvalue weighted by Crippen LogP contribution is 2.26. The van der Waals surface area contributed by atoms with Crippen molar-refractivity contribution in [3.63, 3.8) is 0 Å². The maximum absolute atomic E-state index is 13.9. The number of aromatic amines is 1. The fraction of sp³-hybridized carbons (Fsp3) is 0.333. The molecule has 3 aromatic carbocycles. The fourth-order valence-electron chi connectivity index (χ4n) is 4.90. The summed E-state index contributed by atoms with van der Waals surface area (Å²) in [6.07, 6.45) is 3.40. The van der Waals surface area contributed by atoms with E-state index in [1.54, 1.807) is 30.2 Å². The van der Waals surface area contributed by atoms with E-state index >= 15 is 0 Å². The van der Waals surface area contributed by atoms with Gasteiger partial charge in [-0.3, -0.25) is 9.59 Å². The van der Waals surface area contributed by atoms with Crippen LogP contribution in [0.5, 0.6) is 17.2 Å². The van der Waals surface area contributed by atoms with E-state index in [2.05, 4.69) is 11.1 Å². The molecule has 1 N–H and O–H groups in total. The number of H-pyrrole nitrogens is 1. The molecular weight excluding hydrogens is 518 g/mol. The zero-order valence-corrected chi connectivity index (χ0v) is 24.3. The van der Waals surface area contributed by atoms with Crippen LogP contribution in [-0.2, 0) is 17.8 Å². The number of methoxy groups -OCH3 is 2. The summed E-state index contributed by atoms with van der Waals surface area (Å²) in [5, 5.41) is 1.15. The Labute approximate surface area is 241 Å². The molecule has 0 saturated heterocycles. The number of benzene rings is 3. The third-order valence-electron chi connectivity index (χ3n) is 7.03. The van der Waals surface area contributed by atoms with Crippen LogP contribution in [0.4, 0.5) is 0 Å². The van der Waals surface area contributed by atoms with Gasteiger partial charge in [0.05, 0.1) is 26.4 Å². The third-order valence-corrected chi connectivity index (χ3v) is 7.03. The van der Waals surface area contributed by atoms with Gasteiger partial charge < -0.3 is 29.0 Å². The zero-order valence-electron chi connectivity index (χ0n) is 24.3. The second kappa shape index (κ2) is 14.3. The van der Waals surface area contributed by atoms with Gasteiger partial charge in [-0.05, 0) is 61.2 Å². The van der Waals surface area contributed by atoms with Crippen molar-refractivity contribution in [3.8, 4) is 17.2 Å². The Balaban J connectivity index is 1.56. The van der Waals surface area contributed by atoms with Crippen molar-refractivity contribution in [3.05, 3.63) is 89.6 Å². The van der Waals surface area contributed by atoms with Crippen LogP contribution in [0.15, 0.2) is 72.9 Å². The Morgan fingerprint density at radius 3 is 2.32 bits per heavy atom. The van der Waals surface area contributed by atoms with Gasteiger partial charge in [0, 0.05) is 42.8 Å². The maximum Gasteiger partial charge on any atom is 0.258 e. The highest BCUT2D eigenvalue weighted by Gasteiger charge is 2.25. The maximum atomic E-state index is 13.9. The van der Waals surface area contributed by atoms with Crippen molar-refractivity contribution in [1.82, 2.24) is 14.8 Å². The van der Waals surface area contributed by atoms with Gasteiger partial charge in [-0.25, -0.2) is 0 Å². The van der Waals surface area contributed by atoms with Gasteiger partial charge in [0.15, 0.2) is 0 Å². The number of rotatable bonds is 14. The number of fused-ring (bicyclic) bond motifs is 1. The number of para-hydroxylation sites is 1. The highest BCUT2D eigenvalue weighted by molar-refractivity contribution is 5.99. The number of nitrogens with one attached hydrogen (secondary N) is 1. The van der Waals surface area contributed by atoms with E-state index in [-0.39, 0.29) is 18.4 Å².